The lowest BCUT2D eigenvalue weighted by molar-refractivity contribution is -0.138. The van der Waals surface area contributed by atoms with Crippen molar-refractivity contribution in [2.75, 3.05) is 26.7 Å². The van der Waals surface area contributed by atoms with Crippen molar-refractivity contribution in [2.24, 2.45) is 17.8 Å². The smallest absolute Gasteiger partial charge is 0.303 e. The van der Waals surface area contributed by atoms with Crippen LogP contribution in [0.1, 0.15) is 138 Å². The fourth-order valence-corrected chi connectivity index (χ4v) is 8.01. The Hall–Kier alpha value is -1.88. The van der Waals surface area contributed by atoms with Crippen molar-refractivity contribution in [3.8, 4) is 0 Å². The number of carbonyl (C=O) groups is 2. The molecular formula is C35H56N2O3. The first-order valence-electron chi connectivity index (χ1n) is 16.8. The molecule has 40 heavy (non-hydrogen) atoms. The fraction of sp³-hybridized carbons (Fsp3) is 0.771. The number of benzene rings is 1. The standard InChI is InChI=1S/C35H56N2O3/c1-3-4-11-22-36(2)35(40)31-19-17-30(18-20-31)32-23-29(24-34(38)39)16-21-33(32)37(25-27-12-7-5-8-13-27)26-28-14-9-6-10-15-28/h17-20,27-29,32-33H,3-16,21-26H2,1-2H3,(H,38,39)/t29?,32?,33-/m1/s1. The summed E-state index contributed by atoms with van der Waals surface area (Å²) < 4.78 is 0. The third-order valence-electron chi connectivity index (χ3n) is 10.3. The zero-order valence-electron chi connectivity index (χ0n) is 25.5. The van der Waals surface area contributed by atoms with E-state index in [4.69, 9.17) is 0 Å². The van der Waals surface area contributed by atoms with Crippen molar-refractivity contribution in [3.05, 3.63) is 35.4 Å². The molecule has 224 valence electrons. The predicted octanol–water partition coefficient (Wildman–Crippen LogP) is 8.14. The summed E-state index contributed by atoms with van der Waals surface area (Å²) in [4.78, 5) is 29.5. The molecule has 3 atom stereocenters. The Bertz CT molecular complexity index is 884. The Morgan fingerprint density at radius 2 is 1.40 bits per heavy atom. The minimum Gasteiger partial charge on any atom is -0.481 e. The van der Waals surface area contributed by atoms with Crippen LogP contribution < -0.4 is 0 Å². The fourth-order valence-electron chi connectivity index (χ4n) is 8.01. The molecule has 3 aliphatic rings. The molecule has 0 aliphatic heterocycles. The van der Waals surface area contributed by atoms with E-state index in [0.29, 0.717) is 12.0 Å². The average Bonchev–Trinajstić information content (AvgIpc) is 2.97. The molecule has 1 amide bonds. The number of hydrogen-bond acceptors (Lipinski definition) is 3. The van der Waals surface area contributed by atoms with Crippen molar-refractivity contribution < 1.29 is 14.7 Å². The van der Waals surface area contributed by atoms with E-state index >= 15 is 0 Å². The number of hydrogen-bond donors (Lipinski definition) is 1. The number of aliphatic carboxylic acids is 1. The molecule has 2 unspecified atom stereocenters. The average molecular weight is 553 g/mol. The van der Waals surface area contributed by atoms with Crippen LogP contribution in [0.25, 0.3) is 0 Å². The molecule has 5 heteroatoms. The van der Waals surface area contributed by atoms with Crippen LogP contribution in [0.15, 0.2) is 24.3 Å². The lowest BCUT2D eigenvalue weighted by atomic mass is 9.72. The first kappa shape index (κ1) is 31.1. The van der Waals surface area contributed by atoms with Crippen LogP contribution in [0.5, 0.6) is 0 Å². The molecule has 4 rings (SSSR count). The van der Waals surface area contributed by atoms with Crippen LogP contribution in [0, 0.1) is 17.8 Å². The van der Waals surface area contributed by atoms with Gasteiger partial charge in [-0.25, -0.2) is 0 Å². The lowest BCUT2D eigenvalue weighted by Crippen LogP contribution is -2.47. The van der Waals surface area contributed by atoms with Gasteiger partial charge in [-0.15, -0.1) is 0 Å². The third kappa shape index (κ3) is 9.06. The first-order valence-corrected chi connectivity index (χ1v) is 16.8. The summed E-state index contributed by atoms with van der Waals surface area (Å²) in [7, 11) is 1.91. The summed E-state index contributed by atoms with van der Waals surface area (Å²) >= 11 is 0. The largest absolute Gasteiger partial charge is 0.481 e. The number of nitrogens with zero attached hydrogens (tertiary/aromatic N) is 2. The minimum atomic E-state index is -0.671. The molecule has 0 spiro atoms. The molecule has 5 nitrogen and oxygen atoms in total. The van der Waals surface area contributed by atoms with Crippen molar-refractivity contribution in [1.29, 1.82) is 0 Å². The highest BCUT2D eigenvalue weighted by atomic mass is 16.4. The van der Waals surface area contributed by atoms with Gasteiger partial charge in [0.2, 0.25) is 0 Å². The third-order valence-corrected chi connectivity index (χ3v) is 10.3. The predicted molar refractivity (Wildman–Crippen MR) is 164 cm³/mol. The number of carboxylic acid groups (broad SMARTS) is 1. The topological polar surface area (TPSA) is 60.9 Å². The van der Waals surface area contributed by atoms with E-state index in [2.05, 4.69) is 24.0 Å². The molecule has 1 aromatic rings. The molecule has 0 aromatic heterocycles. The normalized spacial score (nSPS) is 24.7. The second-order valence-electron chi connectivity index (χ2n) is 13.5. The molecule has 0 saturated heterocycles. The van der Waals surface area contributed by atoms with Crippen molar-refractivity contribution in [2.45, 2.75) is 128 Å². The van der Waals surface area contributed by atoms with E-state index in [0.717, 1.165) is 62.5 Å². The Labute approximate surface area is 244 Å². The highest BCUT2D eigenvalue weighted by Gasteiger charge is 2.37. The lowest BCUT2D eigenvalue weighted by Gasteiger charge is -2.46. The molecule has 3 fully saturated rings. The summed E-state index contributed by atoms with van der Waals surface area (Å²) in [5.74, 6) is 1.60. The van der Waals surface area contributed by atoms with Crippen LogP contribution in [-0.4, -0.2) is 59.5 Å². The molecule has 1 N–H and O–H groups in total. The summed E-state index contributed by atoms with van der Waals surface area (Å²) in [5, 5.41) is 9.60. The molecule has 3 aliphatic carbocycles. The van der Waals surface area contributed by atoms with Crippen LogP contribution in [-0.2, 0) is 4.79 Å². The van der Waals surface area contributed by atoms with Crippen molar-refractivity contribution in [1.82, 2.24) is 9.80 Å². The number of carboxylic acids is 1. The van der Waals surface area contributed by atoms with Gasteiger partial charge in [-0.2, -0.15) is 0 Å². The van der Waals surface area contributed by atoms with E-state index in [-0.39, 0.29) is 18.2 Å². The highest BCUT2D eigenvalue weighted by molar-refractivity contribution is 5.94. The zero-order valence-corrected chi connectivity index (χ0v) is 25.5. The van der Waals surface area contributed by atoms with Gasteiger partial charge < -0.3 is 10.0 Å². The van der Waals surface area contributed by atoms with E-state index in [1.54, 1.807) is 0 Å². The minimum absolute atomic E-state index is 0.0998. The van der Waals surface area contributed by atoms with Gasteiger partial charge in [0, 0.05) is 44.7 Å². The highest BCUT2D eigenvalue weighted by Crippen LogP contribution is 2.42. The van der Waals surface area contributed by atoms with E-state index < -0.39 is 5.97 Å². The van der Waals surface area contributed by atoms with Gasteiger partial charge >= 0.3 is 5.97 Å². The number of carbonyl (C=O) groups excluding carboxylic acids is 1. The molecule has 0 radical (unpaired) electrons. The molecule has 0 bridgehead atoms. The van der Waals surface area contributed by atoms with Gasteiger partial charge in [0.1, 0.15) is 0 Å². The summed E-state index contributed by atoms with van der Waals surface area (Å²) in [5.41, 5.74) is 2.06. The van der Waals surface area contributed by atoms with Gasteiger partial charge in [-0.3, -0.25) is 14.5 Å². The molecule has 0 heterocycles. The van der Waals surface area contributed by atoms with Crippen LogP contribution >= 0.6 is 0 Å². The maximum absolute atomic E-state index is 13.1. The molecule has 1 aromatic carbocycles. The van der Waals surface area contributed by atoms with Crippen LogP contribution in [0.3, 0.4) is 0 Å². The van der Waals surface area contributed by atoms with Gasteiger partial charge in [-0.1, -0.05) is 70.4 Å². The second-order valence-corrected chi connectivity index (χ2v) is 13.5. The van der Waals surface area contributed by atoms with Gasteiger partial charge in [0.15, 0.2) is 0 Å². The molecular weight excluding hydrogens is 496 g/mol. The van der Waals surface area contributed by atoms with Crippen LogP contribution in [0.4, 0.5) is 0 Å². The van der Waals surface area contributed by atoms with E-state index in [1.165, 1.54) is 82.9 Å². The van der Waals surface area contributed by atoms with Gasteiger partial charge in [-0.05, 0) is 92.7 Å². The molecule has 3 saturated carbocycles. The summed E-state index contributed by atoms with van der Waals surface area (Å²) in [6, 6.07) is 8.89. The number of rotatable bonds is 13. The van der Waals surface area contributed by atoms with Crippen molar-refractivity contribution in [3.63, 3.8) is 0 Å². The Morgan fingerprint density at radius 3 is 1.95 bits per heavy atom. The Balaban J connectivity index is 1.54. The summed E-state index contributed by atoms with van der Waals surface area (Å²) in [6.45, 7) is 5.40. The monoisotopic (exact) mass is 552 g/mol. The quantitative estimate of drug-likeness (QED) is 0.251. The maximum atomic E-state index is 13.1. The maximum Gasteiger partial charge on any atom is 0.303 e. The summed E-state index contributed by atoms with van der Waals surface area (Å²) in [6.07, 6.45) is 20.4. The zero-order chi connectivity index (χ0) is 28.3. The van der Waals surface area contributed by atoms with Crippen molar-refractivity contribution >= 4 is 11.9 Å². The van der Waals surface area contributed by atoms with Crippen LogP contribution in [0.2, 0.25) is 0 Å². The number of unbranched alkanes of at least 4 members (excludes halogenated alkanes) is 2. The second kappa shape index (κ2) is 15.9. The van der Waals surface area contributed by atoms with E-state index in [1.807, 2.05) is 24.1 Å². The van der Waals surface area contributed by atoms with Gasteiger partial charge in [0.25, 0.3) is 5.91 Å². The Kier molecular flexibility index (Phi) is 12.4. The van der Waals surface area contributed by atoms with E-state index in [9.17, 15) is 14.7 Å². The first-order chi connectivity index (χ1) is 19.4. The SMILES string of the molecule is CCCCCN(C)C(=O)c1ccc(C2CC(CC(=O)O)CC[C@H]2N(CC2CCCCC2)CC2CCCCC2)cc1. The number of amides is 1. The Morgan fingerprint density at radius 1 is 0.800 bits per heavy atom. The van der Waals surface area contributed by atoms with Gasteiger partial charge in [0.05, 0.1) is 0 Å².